The van der Waals surface area contributed by atoms with E-state index in [0.29, 0.717) is 11.2 Å². The van der Waals surface area contributed by atoms with Gasteiger partial charge >= 0.3 is 0 Å². The molecule has 0 amide bonds. The molecule has 0 aliphatic carbocycles. The molecular weight excluding hydrogens is 252 g/mol. The average Bonchev–Trinajstić information content (AvgIpc) is 2.65. The maximum atomic E-state index is 9.71. The number of aromatic hydroxyl groups is 2. The molecule has 0 spiro atoms. The minimum atomic E-state index is 0.00241. The fourth-order valence-corrected chi connectivity index (χ4v) is 2.59. The zero-order valence-corrected chi connectivity index (χ0v) is 10.7. The Hall–Kier alpha value is -1.87. The van der Waals surface area contributed by atoms with Crippen molar-refractivity contribution in [2.75, 3.05) is 0 Å². The maximum absolute atomic E-state index is 9.71. The zero-order valence-electron chi connectivity index (χ0n) is 9.91. The van der Waals surface area contributed by atoms with E-state index in [1.807, 2.05) is 13.8 Å². The molecule has 2 N–H and O–H groups in total. The molecule has 1 heterocycles. The van der Waals surface area contributed by atoms with Gasteiger partial charge in [0.25, 0.3) is 0 Å². The molecule has 0 atom stereocenters. The summed E-state index contributed by atoms with van der Waals surface area (Å²) < 4.78 is 5.65. The molecule has 0 aliphatic rings. The SMILES string of the molecule is Cc1cc(O)cc2oc3c(Cl)c(O)cc(C)c3c12. The molecule has 0 aliphatic heterocycles. The lowest BCUT2D eigenvalue weighted by Crippen LogP contribution is -1.80. The summed E-state index contributed by atoms with van der Waals surface area (Å²) in [5, 5.41) is 21.3. The highest BCUT2D eigenvalue weighted by atomic mass is 35.5. The van der Waals surface area contributed by atoms with E-state index in [1.54, 1.807) is 18.2 Å². The monoisotopic (exact) mass is 262 g/mol. The highest BCUT2D eigenvalue weighted by Crippen LogP contribution is 2.42. The number of halogens is 1. The fourth-order valence-electron chi connectivity index (χ4n) is 2.40. The number of hydrogen-bond acceptors (Lipinski definition) is 3. The number of hydrogen-bond donors (Lipinski definition) is 2. The molecule has 92 valence electrons. The van der Waals surface area contributed by atoms with Gasteiger partial charge in [0, 0.05) is 16.8 Å². The van der Waals surface area contributed by atoms with Gasteiger partial charge in [0.15, 0.2) is 5.58 Å². The second-order valence-electron chi connectivity index (χ2n) is 4.47. The Morgan fingerprint density at radius 3 is 2.39 bits per heavy atom. The number of benzene rings is 2. The first-order valence-corrected chi connectivity index (χ1v) is 5.90. The van der Waals surface area contributed by atoms with Crippen LogP contribution < -0.4 is 0 Å². The summed E-state index contributed by atoms with van der Waals surface area (Å²) in [6.45, 7) is 3.79. The van der Waals surface area contributed by atoms with Crippen molar-refractivity contribution in [2.24, 2.45) is 0 Å². The van der Waals surface area contributed by atoms with Crippen LogP contribution in [0.25, 0.3) is 21.9 Å². The van der Waals surface area contributed by atoms with Crippen LogP contribution in [0, 0.1) is 13.8 Å². The molecule has 0 saturated heterocycles. The van der Waals surface area contributed by atoms with Crippen molar-refractivity contribution < 1.29 is 14.6 Å². The molecule has 3 aromatic rings. The van der Waals surface area contributed by atoms with Gasteiger partial charge in [-0.1, -0.05) is 11.6 Å². The second-order valence-corrected chi connectivity index (χ2v) is 4.85. The Balaban J connectivity index is 2.64. The Morgan fingerprint density at radius 1 is 1.00 bits per heavy atom. The van der Waals surface area contributed by atoms with Crippen LogP contribution in [0.3, 0.4) is 0 Å². The molecule has 0 radical (unpaired) electrons. The summed E-state index contributed by atoms with van der Waals surface area (Å²) in [7, 11) is 0. The zero-order chi connectivity index (χ0) is 13.0. The maximum Gasteiger partial charge on any atom is 0.158 e. The first kappa shape index (κ1) is 11.2. The predicted octanol–water partition coefficient (Wildman–Crippen LogP) is 4.27. The van der Waals surface area contributed by atoms with Crippen LogP contribution in [0.2, 0.25) is 5.02 Å². The lowest BCUT2D eigenvalue weighted by molar-refractivity contribution is 0.474. The van der Waals surface area contributed by atoms with Crippen molar-refractivity contribution in [3.8, 4) is 11.5 Å². The van der Waals surface area contributed by atoms with E-state index in [4.69, 9.17) is 16.0 Å². The van der Waals surface area contributed by atoms with E-state index in [9.17, 15) is 10.2 Å². The van der Waals surface area contributed by atoms with Crippen LogP contribution in [0.1, 0.15) is 11.1 Å². The number of phenols is 2. The first-order valence-electron chi connectivity index (χ1n) is 5.53. The van der Waals surface area contributed by atoms with Crippen LogP contribution in [0.5, 0.6) is 11.5 Å². The number of phenolic OH excluding ortho intramolecular Hbond substituents is 2. The van der Waals surface area contributed by atoms with E-state index in [1.165, 1.54) is 0 Å². The predicted molar refractivity (Wildman–Crippen MR) is 71.5 cm³/mol. The minimum absolute atomic E-state index is 0.00241. The number of furan rings is 1. The Kier molecular flexibility index (Phi) is 2.22. The normalized spacial score (nSPS) is 11.5. The quantitative estimate of drug-likeness (QED) is 0.636. The summed E-state index contributed by atoms with van der Waals surface area (Å²) >= 11 is 6.06. The van der Waals surface area contributed by atoms with Crippen molar-refractivity contribution in [1.29, 1.82) is 0 Å². The van der Waals surface area contributed by atoms with Gasteiger partial charge in [-0.3, -0.25) is 0 Å². The van der Waals surface area contributed by atoms with Crippen LogP contribution in [0.15, 0.2) is 22.6 Å². The molecule has 4 heteroatoms. The smallest absolute Gasteiger partial charge is 0.158 e. The second kappa shape index (κ2) is 3.56. The van der Waals surface area contributed by atoms with Crippen LogP contribution in [0.4, 0.5) is 0 Å². The van der Waals surface area contributed by atoms with E-state index < -0.39 is 0 Å². The van der Waals surface area contributed by atoms with E-state index in [0.717, 1.165) is 21.9 Å². The number of fused-ring (bicyclic) bond motifs is 3. The van der Waals surface area contributed by atoms with Crippen molar-refractivity contribution in [3.05, 3.63) is 34.3 Å². The topological polar surface area (TPSA) is 53.6 Å². The number of aryl methyl sites for hydroxylation is 2. The van der Waals surface area contributed by atoms with Crippen molar-refractivity contribution >= 4 is 33.5 Å². The third-order valence-corrected chi connectivity index (χ3v) is 3.51. The van der Waals surface area contributed by atoms with Crippen LogP contribution in [-0.4, -0.2) is 10.2 Å². The van der Waals surface area contributed by atoms with Gasteiger partial charge in [-0.05, 0) is 37.1 Å². The van der Waals surface area contributed by atoms with E-state index in [2.05, 4.69) is 0 Å². The van der Waals surface area contributed by atoms with E-state index in [-0.39, 0.29) is 16.5 Å². The van der Waals surface area contributed by atoms with Gasteiger partial charge in [0.1, 0.15) is 22.1 Å². The van der Waals surface area contributed by atoms with Gasteiger partial charge in [-0.15, -0.1) is 0 Å². The minimum Gasteiger partial charge on any atom is -0.508 e. The molecule has 2 aromatic carbocycles. The third kappa shape index (κ3) is 1.37. The molecule has 0 bridgehead atoms. The van der Waals surface area contributed by atoms with Crippen LogP contribution in [-0.2, 0) is 0 Å². The highest BCUT2D eigenvalue weighted by molar-refractivity contribution is 6.37. The first-order chi connectivity index (χ1) is 8.49. The summed E-state index contributed by atoms with van der Waals surface area (Å²) in [5.74, 6) is 0.152. The number of rotatable bonds is 0. The van der Waals surface area contributed by atoms with E-state index >= 15 is 0 Å². The van der Waals surface area contributed by atoms with Gasteiger partial charge < -0.3 is 14.6 Å². The van der Waals surface area contributed by atoms with Crippen LogP contribution >= 0.6 is 11.6 Å². The molecular formula is C14H11ClO3. The van der Waals surface area contributed by atoms with Crippen molar-refractivity contribution in [2.45, 2.75) is 13.8 Å². The Labute approximate surface area is 108 Å². The Bertz CT molecular complexity index is 787. The summed E-state index contributed by atoms with van der Waals surface area (Å²) in [6, 6.07) is 4.85. The van der Waals surface area contributed by atoms with Crippen molar-refractivity contribution in [1.82, 2.24) is 0 Å². The molecule has 3 nitrogen and oxygen atoms in total. The largest absolute Gasteiger partial charge is 0.508 e. The average molecular weight is 263 g/mol. The van der Waals surface area contributed by atoms with Crippen molar-refractivity contribution in [3.63, 3.8) is 0 Å². The third-order valence-electron chi connectivity index (χ3n) is 3.14. The fraction of sp³-hybridized carbons (Fsp3) is 0.143. The molecule has 3 rings (SSSR count). The molecule has 1 aromatic heterocycles. The molecule has 0 unspecified atom stereocenters. The lowest BCUT2D eigenvalue weighted by Gasteiger charge is -2.02. The summed E-state index contributed by atoms with van der Waals surface area (Å²) in [6.07, 6.45) is 0. The molecule has 0 saturated carbocycles. The lowest BCUT2D eigenvalue weighted by atomic mass is 10.0. The van der Waals surface area contributed by atoms with Gasteiger partial charge in [-0.2, -0.15) is 0 Å². The highest BCUT2D eigenvalue weighted by Gasteiger charge is 2.17. The van der Waals surface area contributed by atoms with Gasteiger partial charge in [0.05, 0.1) is 0 Å². The van der Waals surface area contributed by atoms with Gasteiger partial charge in [-0.25, -0.2) is 0 Å². The molecule has 0 fully saturated rings. The summed E-state index contributed by atoms with van der Waals surface area (Å²) in [5.41, 5.74) is 2.82. The molecule has 18 heavy (non-hydrogen) atoms. The summed E-state index contributed by atoms with van der Waals surface area (Å²) in [4.78, 5) is 0. The Morgan fingerprint density at radius 2 is 1.67 bits per heavy atom. The standard InChI is InChI=1S/C14H11ClO3/c1-6-3-8(16)5-10-11(6)12-7(2)4-9(17)13(15)14(12)18-10/h3-5,16-17H,1-2H3. The van der Waals surface area contributed by atoms with Gasteiger partial charge in [0.2, 0.25) is 0 Å².